The Morgan fingerprint density at radius 2 is 1.93 bits per heavy atom. The predicted molar refractivity (Wildman–Crippen MR) is 106 cm³/mol. The second kappa shape index (κ2) is 11.1. The van der Waals surface area contributed by atoms with Gasteiger partial charge in [0, 0.05) is 24.5 Å². The number of hydrogen-bond acceptors (Lipinski definition) is 8. The number of nitrogens with two attached hydrogens (primary N) is 1. The van der Waals surface area contributed by atoms with E-state index in [9.17, 15) is 4.79 Å². The number of hydrogen-bond donors (Lipinski definition) is 4. The van der Waals surface area contributed by atoms with Crippen molar-refractivity contribution in [1.82, 2.24) is 9.47 Å². The van der Waals surface area contributed by atoms with Gasteiger partial charge in [-0.1, -0.05) is 13.8 Å². The quantitative estimate of drug-likeness (QED) is 0.281. The van der Waals surface area contributed by atoms with E-state index in [1.807, 2.05) is 32.8 Å². The molecule has 1 aromatic heterocycles. The minimum absolute atomic E-state index is 0.0674. The molecule has 0 unspecified atom stereocenters. The molecule has 2 aromatic rings. The van der Waals surface area contributed by atoms with E-state index < -0.39 is 6.16 Å². The molecular weight excluding hydrogens is 366 g/mol. The normalized spacial score (nSPS) is 11.5. The summed E-state index contributed by atoms with van der Waals surface area (Å²) >= 11 is 0. The van der Waals surface area contributed by atoms with Gasteiger partial charge in [-0.15, -0.1) is 0 Å². The number of rotatable bonds is 9. The molecule has 0 amide bonds. The van der Waals surface area contributed by atoms with Crippen molar-refractivity contribution < 1.29 is 29.7 Å². The molecule has 9 heteroatoms. The fourth-order valence-electron chi connectivity index (χ4n) is 2.68. The third-order valence-corrected chi connectivity index (χ3v) is 3.86. The molecule has 0 fully saturated rings. The maximum atomic E-state index is 12.5. The molecule has 28 heavy (non-hydrogen) atoms. The monoisotopic (exact) mass is 397 g/mol. The van der Waals surface area contributed by atoms with Crippen molar-refractivity contribution in [3.63, 3.8) is 0 Å². The van der Waals surface area contributed by atoms with Crippen LogP contribution in [-0.4, -0.2) is 64.1 Å². The zero-order valence-corrected chi connectivity index (χ0v) is 16.9. The van der Waals surface area contributed by atoms with E-state index in [0.717, 1.165) is 17.5 Å². The molecule has 1 heterocycles. The van der Waals surface area contributed by atoms with E-state index in [2.05, 4.69) is 9.57 Å². The lowest BCUT2D eigenvalue weighted by Gasteiger charge is -2.15. The fraction of sp³-hybridized carbons (Fsp3) is 0.526. The fourth-order valence-corrected chi connectivity index (χ4v) is 2.68. The van der Waals surface area contributed by atoms with E-state index in [4.69, 9.17) is 21.2 Å². The summed E-state index contributed by atoms with van der Waals surface area (Å²) in [5.41, 5.74) is 1.58. The summed E-state index contributed by atoms with van der Waals surface area (Å²) in [4.78, 5) is 19.0. The Morgan fingerprint density at radius 1 is 1.25 bits per heavy atom. The minimum atomic E-state index is -3.27. The number of likely N-dealkylation sites (N-methyl/N-ethyl adjacent to an activating group) is 1. The molecule has 0 aliphatic heterocycles. The first-order chi connectivity index (χ1) is 13.2. The molecule has 0 aliphatic carbocycles. The highest BCUT2D eigenvalue weighted by molar-refractivity contribution is 5.95. The summed E-state index contributed by atoms with van der Waals surface area (Å²) in [5, 5.41) is 27.7. The van der Waals surface area contributed by atoms with Gasteiger partial charge in [-0.05, 0) is 50.7 Å². The highest BCUT2D eigenvalue weighted by Crippen LogP contribution is 2.28. The number of benzene rings is 1. The van der Waals surface area contributed by atoms with Crippen molar-refractivity contribution in [2.24, 2.45) is 5.90 Å². The molecule has 9 nitrogen and oxygen atoms in total. The Balaban J connectivity index is 0.00000190. The van der Waals surface area contributed by atoms with Crippen LogP contribution in [0.5, 0.6) is 5.75 Å². The van der Waals surface area contributed by atoms with E-state index in [0.29, 0.717) is 25.0 Å². The highest BCUT2D eigenvalue weighted by Gasteiger charge is 2.22. The average Bonchev–Trinajstić information content (AvgIpc) is 2.98. The van der Waals surface area contributed by atoms with Crippen LogP contribution in [0.3, 0.4) is 0 Å². The lowest BCUT2D eigenvalue weighted by Crippen LogP contribution is -2.34. The van der Waals surface area contributed by atoms with Gasteiger partial charge in [-0.25, -0.2) is 5.90 Å². The number of carbonyl (C=O) groups excluding carboxylic acids is 1. The predicted octanol–water partition coefficient (Wildman–Crippen LogP) is 1.05. The van der Waals surface area contributed by atoms with Crippen LogP contribution in [0.4, 0.5) is 0 Å². The third-order valence-electron chi connectivity index (χ3n) is 3.86. The first-order valence-electron chi connectivity index (χ1n) is 9.21. The summed E-state index contributed by atoms with van der Waals surface area (Å²) in [6, 6.07) is 4.64. The molecule has 0 saturated heterocycles. The van der Waals surface area contributed by atoms with Crippen LogP contribution < -0.4 is 10.6 Å². The van der Waals surface area contributed by atoms with E-state index >= 15 is 0 Å². The molecule has 0 saturated carbocycles. The summed E-state index contributed by atoms with van der Waals surface area (Å²) in [7, 11) is 3.90. The molecule has 1 aromatic carbocycles. The molecule has 5 N–H and O–H groups in total. The maximum Gasteiger partial charge on any atom is 0.453 e. The Morgan fingerprint density at radius 3 is 2.50 bits per heavy atom. The highest BCUT2D eigenvalue weighted by atomic mass is 16.9. The van der Waals surface area contributed by atoms with Crippen molar-refractivity contribution >= 4 is 16.8 Å². The van der Waals surface area contributed by atoms with Crippen LogP contribution in [0.2, 0.25) is 0 Å². The first kappa shape index (κ1) is 24.0. The number of carbonyl (C=O) groups is 1. The van der Waals surface area contributed by atoms with Crippen molar-refractivity contribution in [2.45, 2.75) is 39.3 Å². The summed E-state index contributed by atoms with van der Waals surface area (Å²) in [6.07, 6.45) is -0.0297. The lowest BCUT2D eigenvalue weighted by molar-refractivity contribution is -0.419. The van der Waals surface area contributed by atoms with Crippen LogP contribution in [0, 0.1) is 0 Å². The van der Waals surface area contributed by atoms with Gasteiger partial charge in [0.15, 0.2) is 0 Å². The Bertz CT molecular complexity index is 752. The SMILES string of the molecule is CC.CN(C)CCc1cn(C(=O)CCCON)c2ccc(OC(O)(O)O)cc12. The first-order valence-corrected chi connectivity index (χ1v) is 9.21. The second-order valence-electron chi connectivity index (χ2n) is 6.30. The summed E-state index contributed by atoms with van der Waals surface area (Å²) in [6.45, 7) is 5.06. The topological polar surface area (TPSA) is 130 Å². The van der Waals surface area contributed by atoms with Gasteiger partial charge >= 0.3 is 6.16 Å². The van der Waals surface area contributed by atoms with Crippen LogP contribution in [0.1, 0.15) is 37.0 Å². The number of aliphatic hydroxyl groups is 3. The molecule has 0 bridgehead atoms. The van der Waals surface area contributed by atoms with Gasteiger partial charge in [-0.3, -0.25) is 9.36 Å². The molecule has 0 radical (unpaired) electrons. The molecule has 0 spiro atoms. The van der Waals surface area contributed by atoms with Crippen LogP contribution in [0.15, 0.2) is 24.4 Å². The van der Waals surface area contributed by atoms with E-state index in [1.165, 1.54) is 6.07 Å². The molecular formula is C19H31N3O6. The van der Waals surface area contributed by atoms with Crippen LogP contribution in [0.25, 0.3) is 10.9 Å². The molecule has 0 aliphatic rings. The Kier molecular flexibility index (Phi) is 9.53. The smallest absolute Gasteiger partial charge is 0.417 e. The van der Waals surface area contributed by atoms with Crippen LogP contribution >= 0.6 is 0 Å². The number of fused-ring (bicyclic) bond motifs is 1. The minimum Gasteiger partial charge on any atom is -0.417 e. The summed E-state index contributed by atoms with van der Waals surface area (Å²) < 4.78 is 6.23. The molecule has 2 rings (SSSR count). The summed E-state index contributed by atoms with van der Waals surface area (Å²) in [5.74, 6) is 4.95. The van der Waals surface area contributed by atoms with Gasteiger partial charge in [0.25, 0.3) is 0 Å². The lowest BCUT2D eigenvalue weighted by atomic mass is 10.1. The standard InChI is InChI=1S/C17H25N3O6.C2H6/c1-19(2)8-7-12-11-20(16(21)4-3-9-25-18)15-6-5-13(10-14(12)15)26-17(22,23)24;1-2/h5-6,10-11,22-24H,3-4,7-9,18H2,1-2H3;1-2H3. The Hall–Kier alpha value is -2.01. The largest absolute Gasteiger partial charge is 0.453 e. The van der Waals surface area contributed by atoms with Crippen molar-refractivity contribution in [2.75, 3.05) is 27.2 Å². The van der Waals surface area contributed by atoms with Crippen molar-refractivity contribution in [3.05, 3.63) is 30.0 Å². The maximum absolute atomic E-state index is 12.5. The van der Waals surface area contributed by atoms with Gasteiger partial charge in [0.1, 0.15) is 5.75 Å². The van der Waals surface area contributed by atoms with Crippen molar-refractivity contribution in [3.8, 4) is 5.75 Å². The number of nitrogens with zero attached hydrogens (tertiary/aromatic N) is 2. The van der Waals surface area contributed by atoms with Gasteiger partial charge in [0.2, 0.25) is 5.91 Å². The average molecular weight is 397 g/mol. The van der Waals surface area contributed by atoms with Crippen LogP contribution in [-0.2, 0) is 11.3 Å². The van der Waals surface area contributed by atoms with Gasteiger partial charge in [-0.2, -0.15) is 0 Å². The Labute approximate surface area is 164 Å². The molecule has 158 valence electrons. The van der Waals surface area contributed by atoms with Gasteiger partial charge < -0.3 is 29.8 Å². The van der Waals surface area contributed by atoms with E-state index in [-0.39, 0.29) is 18.1 Å². The second-order valence-corrected chi connectivity index (χ2v) is 6.30. The zero-order chi connectivity index (χ0) is 21.3. The van der Waals surface area contributed by atoms with E-state index in [1.54, 1.807) is 22.9 Å². The van der Waals surface area contributed by atoms with Gasteiger partial charge in [0.05, 0.1) is 12.1 Å². The number of aromatic nitrogens is 1. The third kappa shape index (κ3) is 7.19. The molecule has 0 atom stereocenters. The number of ether oxygens (including phenoxy) is 1. The van der Waals surface area contributed by atoms with Crippen molar-refractivity contribution in [1.29, 1.82) is 0 Å². The zero-order valence-electron chi connectivity index (χ0n) is 16.9.